The number of benzene rings is 1. The highest BCUT2D eigenvalue weighted by atomic mass is 16.4. The Bertz CT molecular complexity index is 411. The Labute approximate surface area is 81.2 Å². The zero-order chi connectivity index (χ0) is 9.97. The van der Waals surface area contributed by atoms with Gasteiger partial charge in [0.1, 0.15) is 0 Å². The van der Waals surface area contributed by atoms with E-state index in [0.717, 1.165) is 5.56 Å². The van der Waals surface area contributed by atoms with Crippen LogP contribution in [0.4, 0.5) is 0 Å². The van der Waals surface area contributed by atoms with E-state index in [2.05, 4.69) is 10.2 Å². The largest absolute Gasteiger partial charge is 0.422 e. The van der Waals surface area contributed by atoms with Crippen LogP contribution in [0.1, 0.15) is 23.4 Å². The smallest absolute Gasteiger partial charge is 0.249 e. The zero-order valence-electron chi connectivity index (χ0n) is 7.71. The highest BCUT2D eigenvalue weighted by Crippen LogP contribution is 2.19. The molecule has 0 aliphatic carbocycles. The number of aromatic nitrogens is 2. The fourth-order valence-electron chi connectivity index (χ4n) is 1.20. The molecule has 0 radical (unpaired) electrons. The van der Waals surface area contributed by atoms with Gasteiger partial charge in [-0.05, 0) is 5.56 Å². The Morgan fingerprint density at radius 1 is 1.21 bits per heavy atom. The summed E-state index contributed by atoms with van der Waals surface area (Å²) in [5.41, 5.74) is 0.746. The number of rotatable bonds is 2. The van der Waals surface area contributed by atoms with Gasteiger partial charge >= 0.3 is 0 Å². The zero-order valence-corrected chi connectivity index (χ0v) is 7.71. The van der Waals surface area contributed by atoms with Crippen LogP contribution < -0.4 is 0 Å². The Morgan fingerprint density at radius 2 is 1.93 bits per heavy atom. The van der Waals surface area contributed by atoms with E-state index in [0.29, 0.717) is 5.89 Å². The molecule has 14 heavy (non-hydrogen) atoms. The molecule has 2 rings (SSSR count). The van der Waals surface area contributed by atoms with E-state index in [1.807, 2.05) is 30.3 Å². The third-order valence-electron chi connectivity index (χ3n) is 1.89. The Morgan fingerprint density at radius 3 is 2.50 bits per heavy atom. The van der Waals surface area contributed by atoms with Crippen LogP contribution in [0.15, 0.2) is 34.7 Å². The first kappa shape index (κ1) is 8.90. The molecule has 0 aliphatic heterocycles. The van der Waals surface area contributed by atoms with Crippen molar-refractivity contribution in [1.82, 2.24) is 10.2 Å². The van der Waals surface area contributed by atoms with Crippen LogP contribution >= 0.6 is 0 Å². The maximum Gasteiger partial charge on any atom is 0.249 e. The van der Waals surface area contributed by atoms with Crippen molar-refractivity contribution in [2.75, 3.05) is 0 Å². The molecular weight excluding hydrogens is 180 g/mol. The molecule has 1 atom stereocenters. The lowest BCUT2D eigenvalue weighted by Crippen LogP contribution is -1.99. The first-order valence-electron chi connectivity index (χ1n) is 4.30. The average Bonchev–Trinajstić information content (AvgIpc) is 2.65. The van der Waals surface area contributed by atoms with E-state index < -0.39 is 6.10 Å². The summed E-state index contributed by atoms with van der Waals surface area (Å²) in [6.45, 7) is 1.69. The minimum absolute atomic E-state index is 0.230. The maximum absolute atomic E-state index is 9.81. The van der Waals surface area contributed by atoms with E-state index in [1.165, 1.54) is 0 Å². The first-order valence-corrected chi connectivity index (χ1v) is 4.30. The Balaban J connectivity index is 2.29. The van der Waals surface area contributed by atoms with Gasteiger partial charge < -0.3 is 9.52 Å². The number of aliphatic hydroxyl groups is 1. The van der Waals surface area contributed by atoms with Crippen molar-refractivity contribution >= 4 is 0 Å². The number of aliphatic hydroxyl groups excluding tert-OH is 1. The van der Waals surface area contributed by atoms with Crippen molar-refractivity contribution in [3.8, 4) is 0 Å². The molecule has 1 aromatic carbocycles. The molecule has 0 bridgehead atoms. The van der Waals surface area contributed by atoms with Gasteiger partial charge in [0.15, 0.2) is 6.10 Å². The van der Waals surface area contributed by atoms with Gasteiger partial charge in [-0.25, -0.2) is 0 Å². The number of nitrogens with zero attached hydrogens (tertiary/aromatic N) is 2. The van der Waals surface area contributed by atoms with Gasteiger partial charge in [0.25, 0.3) is 0 Å². The molecule has 1 N–H and O–H groups in total. The second-order valence-electron chi connectivity index (χ2n) is 2.97. The summed E-state index contributed by atoms with van der Waals surface area (Å²) in [4.78, 5) is 0. The molecule has 0 saturated heterocycles. The maximum atomic E-state index is 9.81. The molecule has 1 heterocycles. The van der Waals surface area contributed by atoms with Gasteiger partial charge in [0.2, 0.25) is 11.8 Å². The molecule has 2 aromatic rings. The van der Waals surface area contributed by atoms with Crippen molar-refractivity contribution in [1.29, 1.82) is 0 Å². The topological polar surface area (TPSA) is 59.2 Å². The molecule has 4 heteroatoms. The molecule has 72 valence electrons. The summed E-state index contributed by atoms with van der Waals surface area (Å²) in [5, 5.41) is 17.2. The molecule has 1 aromatic heterocycles. The van der Waals surface area contributed by atoms with E-state index in [1.54, 1.807) is 6.92 Å². The first-order chi connectivity index (χ1) is 6.77. The lowest BCUT2D eigenvalue weighted by molar-refractivity contribution is 0.181. The van der Waals surface area contributed by atoms with E-state index >= 15 is 0 Å². The average molecular weight is 190 g/mol. The summed E-state index contributed by atoms with van der Waals surface area (Å²) < 4.78 is 5.13. The lowest BCUT2D eigenvalue weighted by Gasteiger charge is -2.04. The van der Waals surface area contributed by atoms with Crippen LogP contribution in [0.5, 0.6) is 0 Å². The van der Waals surface area contributed by atoms with Gasteiger partial charge in [-0.1, -0.05) is 30.3 Å². The van der Waals surface area contributed by atoms with Gasteiger partial charge in [-0.2, -0.15) is 0 Å². The van der Waals surface area contributed by atoms with Crippen LogP contribution in [-0.4, -0.2) is 15.3 Å². The molecule has 0 aliphatic rings. The summed E-state index contributed by atoms with van der Waals surface area (Å²) in [5.74, 6) is 0.684. The second kappa shape index (κ2) is 3.59. The van der Waals surface area contributed by atoms with Crippen LogP contribution in [0.3, 0.4) is 0 Å². The van der Waals surface area contributed by atoms with E-state index in [-0.39, 0.29) is 5.89 Å². The highest BCUT2D eigenvalue weighted by Gasteiger charge is 2.15. The molecule has 4 nitrogen and oxygen atoms in total. The van der Waals surface area contributed by atoms with Crippen molar-refractivity contribution in [2.24, 2.45) is 0 Å². The summed E-state index contributed by atoms with van der Waals surface area (Å²) >= 11 is 0. The standard InChI is InChI=1S/C10H10N2O2/c1-7-11-12-10(14-7)9(13)8-5-3-2-4-6-8/h2-6,9,13H,1H3/t9-/m1/s1. The molecule has 0 amide bonds. The summed E-state index contributed by atoms with van der Waals surface area (Å²) in [6, 6.07) is 9.20. The third kappa shape index (κ3) is 1.65. The predicted molar refractivity (Wildman–Crippen MR) is 49.5 cm³/mol. The fourth-order valence-corrected chi connectivity index (χ4v) is 1.20. The van der Waals surface area contributed by atoms with Gasteiger partial charge in [0.05, 0.1) is 0 Å². The second-order valence-corrected chi connectivity index (χ2v) is 2.97. The Hall–Kier alpha value is -1.68. The van der Waals surface area contributed by atoms with Crippen molar-refractivity contribution < 1.29 is 9.52 Å². The fraction of sp³-hybridized carbons (Fsp3) is 0.200. The highest BCUT2D eigenvalue weighted by molar-refractivity contribution is 5.21. The van der Waals surface area contributed by atoms with Crippen molar-refractivity contribution in [3.63, 3.8) is 0 Å². The summed E-state index contributed by atoms with van der Waals surface area (Å²) in [6.07, 6.45) is -0.836. The lowest BCUT2D eigenvalue weighted by atomic mass is 10.1. The third-order valence-corrected chi connectivity index (χ3v) is 1.89. The monoisotopic (exact) mass is 190 g/mol. The van der Waals surface area contributed by atoms with Crippen LogP contribution in [-0.2, 0) is 0 Å². The van der Waals surface area contributed by atoms with E-state index in [9.17, 15) is 5.11 Å². The minimum atomic E-state index is -0.836. The normalized spacial score (nSPS) is 12.7. The SMILES string of the molecule is Cc1nnc([C@H](O)c2ccccc2)o1. The van der Waals surface area contributed by atoms with Gasteiger partial charge in [0, 0.05) is 6.92 Å². The molecular formula is C10H10N2O2. The van der Waals surface area contributed by atoms with Gasteiger partial charge in [-0.15, -0.1) is 10.2 Å². The van der Waals surface area contributed by atoms with Crippen molar-refractivity contribution in [2.45, 2.75) is 13.0 Å². The van der Waals surface area contributed by atoms with Crippen LogP contribution in [0, 0.1) is 6.92 Å². The number of hydrogen-bond acceptors (Lipinski definition) is 4. The number of aryl methyl sites for hydroxylation is 1. The summed E-state index contributed by atoms with van der Waals surface area (Å²) in [7, 11) is 0. The molecule has 0 fully saturated rings. The minimum Gasteiger partial charge on any atom is -0.422 e. The van der Waals surface area contributed by atoms with Crippen LogP contribution in [0.2, 0.25) is 0 Å². The molecule has 0 spiro atoms. The van der Waals surface area contributed by atoms with Crippen molar-refractivity contribution in [3.05, 3.63) is 47.7 Å². The van der Waals surface area contributed by atoms with Crippen LogP contribution in [0.25, 0.3) is 0 Å². The Kier molecular flexibility index (Phi) is 2.28. The number of hydrogen-bond donors (Lipinski definition) is 1. The van der Waals surface area contributed by atoms with Gasteiger partial charge in [-0.3, -0.25) is 0 Å². The predicted octanol–water partition coefficient (Wildman–Crippen LogP) is 1.46. The molecule has 0 unspecified atom stereocenters. The quantitative estimate of drug-likeness (QED) is 0.778. The van der Waals surface area contributed by atoms with E-state index in [4.69, 9.17) is 4.42 Å². The molecule has 0 saturated carbocycles.